The number of rotatable bonds is 10. The van der Waals surface area contributed by atoms with E-state index in [0.717, 1.165) is 26.7 Å². The average molecular weight is 538 g/mol. The van der Waals surface area contributed by atoms with Gasteiger partial charge in [0, 0.05) is 28.1 Å². The van der Waals surface area contributed by atoms with Crippen molar-refractivity contribution in [2.45, 2.75) is 24.5 Å². The van der Waals surface area contributed by atoms with Gasteiger partial charge in [-0.15, -0.1) is 0 Å². The van der Waals surface area contributed by atoms with Crippen LogP contribution in [-0.4, -0.2) is 33.2 Å². The number of anilines is 1. The van der Waals surface area contributed by atoms with Crippen molar-refractivity contribution in [1.82, 2.24) is 5.32 Å². The molecule has 3 aromatic carbocycles. The van der Waals surface area contributed by atoms with E-state index in [-0.39, 0.29) is 11.4 Å². The molecule has 9 heteroatoms. The molecule has 0 radical (unpaired) electrons. The first-order valence-electron chi connectivity index (χ1n) is 10.6. The summed E-state index contributed by atoms with van der Waals surface area (Å²) >= 11 is 13.9. The Hall–Kier alpha value is -2.19. The molecule has 3 aromatic rings. The SMILES string of the molecule is Cc1ccc(S(=O)(=O)N(CC(=O)NCCSCc2cccc(Cl)c2)c2ccc(C)c(Cl)c2)cc1. The number of nitrogens with zero attached hydrogens (tertiary/aromatic N) is 1. The van der Waals surface area contributed by atoms with Gasteiger partial charge in [0.25, 0.3) is 10.0 Å². The first-order chi connectivity index (χ1) is 16.2. The van der Waals surface area contributed by atoms with Gasteiger partial charge < -0.3 is 5.32 Å². The average Bonchev–Trinajstić information content (AvgIpc) is 2.79. The molecule has 0 aromatic heterocycles. The van der Waals surface area contributed by atoms with Gasteiger partial charge in [-0.2, -0.15) is 11.8 Å². The van der Waals surface area contributed by atoms with E-state index in [1.807, 2.05) is 38.1 Å². The fraction of sp³-hybridized carbons (Fsp3) is 0.240. The molecule has 180 valence electrons. The number of carbonyl (C=O) groups is 1. The highest BCUT2D eigenvalue weighted by atomic mass is 35.5. The Bertz CT molecular complexity index is 1250. The molecule has 1 N–H and O–H groups in total. The second-order valence-electron chi connectivity index (χ2n) is 7.79. The van der Waals surface area contributed by atoms with Crippen molar-refractivity contribution in [3.8, 4) is 0 Å². The van der Waals surface area contributed by atoms with Crippen LogP contribution in [0.15, 0.2) is 71.6 Å². The molecule has 0 saturated carbocycles. The summed E-state index contributed by atoms with van der Waals surface area (Å²) in [6, 6.07) is 19.1. The predicted molar refractivity (Wildman–Crippen MR) is 143 cm³/mol. The third kappa shape index (κ3) is 7.15. The molecule has 34 heavy (non-hydrogen) atoms. The quantitative estimate of drug-likeness (QED) is 0.329. The van der Waals surface area contributed by atoms with Crippen molar-refractivity contribution >= 4 is 56.6 Å². The minimum absolute atomic E-state index is 0.111. The van der Waals surface area contributed by atoms with Crippen molar-refractivity contribution < 1.29 is 13.2 Å². The molecule has 0 bridgehead atoms. The summed E-state index contributed by atoms with van der Waals surface area (Å²) < 4.78 is 27.9. The van der Waals surface area contributed by atoms with Crippen LogP contribution in [0.4, 0.5) is 5.69 Å². The summed E-state index contributed by atoms with van der Waals surface area (Å²) in [6.07, 6.45) is 0. The second-order valence-corrected chi connectivity index (χ2v) is 11.6. The smallest absolute Gasteiger partial charge is 0.264 e. The van der Waals surface area contributed by atoms with Crippen LogP contribution >= 0.6 is 35.0 Å². The third-order valence-corrected chi connectivity index (χ3v) is 8.53. The summed E-state index contributed by atoms with van der Waals surface area (Å²) in [5.41, 5.74) is 3.20. The number of benzene rings is 3. The van der Waals surface area contributed by atoms with E-state index in [4.69, 9.17) is 23.2 Å². The van der Waals surface area contributed by atoms with Crippen LogP contribution < -0.4 is 9.62 Å². The Balaban J connectivity index is 1.67. The standard InChI is InChI=1S/C25H26Cl2N2O3S2/c1-18-6-10-23(11-7-18)34(31,32)29(22-9-8-19(2)24(27)15-22)16-25(30)28-12-13-33-17-20-4-3-5-21(26)14-20/h3-11,14-15H,12-13,16-17H2,1-2H3,(H,28,30). The summed E-state index contributed by atoms with van der Waals surface area (Å²) in [4.78, 5) is 12.8. The van der Waals surface area contributed by atoms with Gasteiger partial charge in [-0.3, -0.25) is 9.10 Å². The zero-order valence-corrected chi connectivity index (χ0v) is 22.1. The van der Waals surface area contributed by atoms with Crippen molar-refractivity contribution in [2.75, 3.05) is 23.1 Å². The van der Waals surface area contributed by atoms with E-state index in [1.54, 1.807) is 42.1 Å². The maximum Gasteiger partial charge on any atom is 0.264 e. The molecule has 5 nitrogen and oxygen atoms in total. The largest absolute Gasteiger partial charge is 0.354 e. The molecular weight excluding hydrogens is 511 g/mol. The molecule has 0 aliphatic heterocycles. The number of amides is 1. The molecule has 3 rings (SSSR count). The normalized spacial score (nSPS) is 11.3. The Morgan fingerprint density at radius 1 is 1.00 bits per heavy atom. The molecule has 0 aliphatic rings. The molecule has 0 atom stereocenters. The first kappa shape index (κ1) is 26.4. The Kier molecular flexibility index (Phi) is 9.31. The Morgan fingerprint density at radius 3 is 2.41 bits per heavy atom. The maximum atomic E-state index is 13.4. The minimum atomic E-state index is -3.97. The number of halogens is 2. The van der Waals surface area contributed by atoms with Gasteiger partial charge in [0.2, 0.25) is 5.91 Å². The fourth-order valence-electron chi connectivity index (χ4n) is 3.16. The number of carbonyl (C=O) groups excluding carboxylic acids is 1. The highest BCUT2D eigenvalue weighted by Gasteiger charge is 2.27. The van der Waals surface area contributed by atoms with Crippen LogP contribution in [0.25, 0.3) is 0 Å². The van der Waals surface area contributed by atoms with E-state index < -0.39 is 15.9 Å². The van der Waals surface area contributed by atoms with E-state index in [1.165, 1.54) is 12.1 Å². The van der Waals surface area contributed by atoms with Crippen LogP contribution in [0, 0.1) is 13.8 Å². The van der Waals surface area contributed by atoms with Crippen molar-refractivity contribution in [3.63, 3.8) is 0 Å². The van der Waals surface area contributed by atoms with Gasteiger partial charge in [-0.05, 0) is 61.4 Å². The van der Waals surface area contributed by atoms with Crippen molar-refractivity contribution in [3.05, 3.63) is 93.5 Å². The lowest BCUT2D eigenvalue weighted by atomic mass is 10.2. The number of nitrogens with one attached hydrogen (secondary N) is 1. The molecule has 0 unspecified atom stereocenters. The van der Waals surface area contributed by atoms with Gasteiger partial charge in [-0.25, -0.2) is 8.42 Å². The molecule has 0 aliphatic carbocycles. The molecular formula is C25H26Cl2N2O3S2. The Labute approximate surface area is 215 Å². The molecule has 0 heterocycles. The lowest BCUT2D eigenvalue weighted by Gasteiger charge is -2.24. The lowest BCUT2D eigenvalue weighted by Crippen LogP contribution is -2.41. The highest BCUT2D eigenvalue weighted by Crippen LogP contribution is 2.28. The first-order valence-corrected chi connectivity index (χ1v) is 14.0. The lowest BCUT2D eigenvalue weighted by molar-refractivity contribution is -0.119. The molecule has 0 saturated heterocycles. The van der Waals surface area contributed by atoms with E-state index in [2.05, 4.69) is 5.32 Å². The van der Waals surface area contributed by atoms with Crippen molar-refractivity contribution in [2.24, 2.45) is 0 Å². The molecule has 1 amide bonds. The highest BCUT2D eigenvalue weighted by molar-refractivity contribution is 7.98. The van der Waals surface area contributed by atoms with Gasteiger partial charge in [-0.1, -0.05) is 59.1 Å². The molecule has 0 spiro atoms. The summed E-state index contributed by atoms with van der Waals surface area (Å²) in [6.45, 7) is 3.77. The number of hydrogen-bond donors (Lipinski definition) is 1. The fourth-order valence-corrected chi connectivity index (χ4v) is 5.76. The Morgan fingerprint density at radius 2 is 1.74 bits per heavy atom. The monoisotopic (exact) mass is 536 g/mol. The number of hydrogen-bond acceptors (Lipinski definition) is 4. The van der Waals surface area contributed by atoms with Crippen LogP contribution in [0.1, 0.15) is 16.7 Å². The summed E-state index contributed by atoms with van der Waals surface area (Å²) in [7, 11) is -3.97. The van der Waals surface area contributed by atoms with Crippen LogP contribution in [-0.2, 0) is 20.6 Å². The van der Waals surface area contributed by atoms with Gasteiger partial charge in [0.15, 0.2) is 0 Å². The van der Waals surface area contributed by atoms with E-state index in [0.29, 0.717) is 28.0 Å². The van der Waals surface area contributed by atoms with Crippen LogP contribution in [0.3, 0.4) is 0 Å². The van der Waals surface area contributed by atoms with Crippen LogP contribution in [0.2, 0.25) is 10.0 Å². The predicted octanol–water partition coefficient (Wildman–Crippen LogP) is 5.86. The number of thioether (sulfide) groups is 1. The van der Waals surface area contributed by atoms with Gasteiger partial charge in [0.1, 0.15) is 6.54 Å². The second kappa shape index (κ2) is 12.0. The number of sulfonamides is 1. The van der Waals surface area contributed by atoms with Gasteiger partial charge >= 0.3 is 0 Å². The third-order valence-electron chi connectivity index (χ3n) is 5.07. The maximum absolute atomic E-state index is 13.4. The minimum Gasteiger partial charge on any atom is -0.354 e. The van der Waals surface area contributed by atoms with Crippen LogP contribution in [0.5, 0.6) is 0 Å². The van der Waals surface area contributed by atoms with Gasteiger partial charge in [0.05, 0.1) is 10.6 Å². The summed E-state index contributed by atoms with van der Waals surface area (Å²) in [5, 5.41) is 3.94. The van der Waals surface area contributed by atoms with E-state index in [9.17, 15) is 13.2 Å². The zero-order valence-electron chi connectivity index (χ0n) is 18.9. The zero-order chi connectivity index (χ0) is 24.7. The molecule has 0 fully saturated rings. The van der Waals surface area contributed by atoms with Crippen molar-refractivity contribution in [1.29, 1.82) is 0 Å². The number of aryl methyl sites for hydroxylation is 2. The topological polar surface area (TPSA) is 66.5 Å². The van der Waals surface area contributed by atoms with E-state index >= 15 is 0 Å². The summed E-state index contributed by atoms with van der Waals surface area (Å²) in [5.74, 6) is 1.06.